The van der Waals surface area contributed by atoms with Crippen LogP contribution < -0.4 is 0 Å². The molecule has 0 aliphatic heterocycles. The Morgan fingerprint density at radius 1 is 0.241 bits per heavy atom. The zero-order valence-corrected chi connectivity index (χ0v) is 55.5. The molecule has 0 aromatic heterocycles. The third-order valence-electron chi connectivity index (χ3n) is 16.2. The van der Waals surface area contributed by atoms with E-state index < -0.39 is 6.10 Å². The maximum Gasteiger partial charge on any atom is 0.306 e. The summed E-state index contributed by atoms with van der Waals surface area (Å²) in [5.41, 5.74) is 0. The van der Waals surface area contributed by atoms with Crippen molar-refractivity contribution in [2.45, 2.75) is 386 Å². The summed E-state index contributed by atoms with van der Waals surface area (Å²) in [7, 11) is 0. The second-order valence-corrected chi connectivity index (χ2v) is 24.5. The van der Waals surface area contributed by atoms with E-state index >= 15 is 0 Å². The molecule has 0 saturated carbocycles. The maximum absolute atomic E-state index is 13.0. The van der Waals surface area contributed by atoms with Crippen molar-refractivity contribution in [2.24, 2.45) is 0 Å². The summed E-state index contributed by atoms with van der Waals surface area (Å²) in [5, 5.41) is 0. The molecule has 0 spiro atoms. The topological polar surface area (TPSA) is 78.9 Å². The Kier molecular flexibility index (Phi) is 68.6. The molecule has 1 unspecified atom stereocenters. The van der Waals surface area contributed by atoms with Crippen LogP contribution in [0, 0.1) is 0 Å². The molecule has 0 N–H and O–H groups in total. The fourth-order valence-electron chi connectivity index (χ4n) is 10.7. The lowest BCUT2D eigenvalue weighted by Crippen LogP contribution is -2.30. The molecule has 0 aliphatic carbocycles. The van der Waals surface area contributed by atoms with Gasteiger partial charge in [-0.05, 0) is 116 Å². The van der Waals surface area contributed by atoms with Crippen molar-refractivity contribution < 1.29 is 28.6 Å². The summed E-state index contributed by atoms with van der Waals surface area (Å²) in [4.78, 5) is 38.5. The van der Waals surface area contributed by atoms with Gasteiger partial charge in [0, 0.05) is 19.3 Å². The first-order chi connectivity index (χ1) is 41.0. The summed E-state index contributed by atoms with van der Waals surface area (Å²) >= 11 is 0. The quantitative estimate of drug-likeness (QED) is 0.0261. The number of hydrogen-bond donors (Lipinski definition) is 0. The molecule has 0 aromatic rings. The number of hydrogen-bond acceptors (Lipinski definition) is 6. The summed E-state index contributed by atoms with van der Waals surface area (Å²) < 4.78 is 17.0. The lowest BCUT2D eigenvalue weighted by molar-refractivity contribution is -0.167. The van der Waals surface area contributed by atoms with Crippen LogP contribution in [-0.4, -0.2) is 37.2 Å². The predicted octanol–water partition coefficient (Wildman–Crippen LogP) is 25.2. The third-order valence-corrected chi connectivity index (χ3v) is 16.2. The van der Waals surface area contributed by atoms with Crippen LogP contribution in [0.25, 0.3) is 0 Å². The van der Waals surface area contributed by atoms with Gasteiger partial charge in [0.1, 0.15) is 13.2 Å². The van der Waals surface area contributed by atoms with Gasteiger partial charge in [0.15, 0.2) is 6.10 Å². The molecule has 1 atom stereocenters. The zero-order valence-electron chi connectivity index (χ0n) is 55.5. The molecule has 0 amide bonds. The zero-order chi connectivity index (χ0) is 59.9. The van der Waals surface area contributed by atoms with Crippen LogP contribution in [0.4, 0.5) is 0 Å². The van der Waals surface area contributed by atoms with E-state index in [2.05, 4.69) is 93.7 Å². The van der Waals surface area contributed by atoms with Crippen molar-refractivity contribution in [3.8, 4) is 0 Å². The van der Waals surface area contributed by atoms with Crippen LogP contribution in [-0.2, 0) is 28.6 Å². The van der Waals surface area contributed by atoms with Gasteiger partial charge in [0.25, 0.3) is 0 Å². The number of carbonyl (C=O) groups excluding carboxylic acids is 3. The third kappa shape index (κ3) is 69.5. The summed E-state index contributed by atoms with van der Waals surface area (Å²) in [5.74, 6) is -0.875. The number of allylic oxidation sites excluding steroid dienone is 12. The predicted molar refractivity (Wildman–Crippen MR) is 362 cm³/mol. The Hall–Kier alpha value is -3.15. The molecule has 6 nitrogen and oxygen atoms in total. The van der Waals surface area contributed by atoms with E-state index in [1.807, 2.05) is 0 Å². The standard InChI is InChI=1S/C77H138O6/c1-4-7-10-13-16-19-22-25-28-31-33-35-36-37-38-39-40-42-43-46-49-52-55-58-61-64-67-70-76(79)82-73-74(72-81-75(78)69-66-63-60-57-54-51-48-45-30-27-24-21-18-15-12-9-6-3)83-77(80)71-68-65-62-59-56-53-50-47-44-41-34-32-29-26-23-20-17-14-11-8-5-2/h22-23,25-27,30-34,44,47,74H,4-21,24,28-29,35-43,45-46,48-73H2,1-3H3/b25-22-,26-23-,30-27-,33-31-,34-32-,47-44-. The largest absolute Gasteiger partial charge is 0.462 e. The highest BCUT2D eigenvalue weighted by Gasteiger charge is 2.19. The number of unbranched alkanes of at least 4 members (excludes halogenated alkanes) is 44. The second kappa shape index (κ2) is 71.3. The van der Waals surface area contributed by atoms with Crippen LogP contribution in [0.2, 0.25) is 0 Å². The minimum atomic E-state index is -0.786. The highest BCUT2D eigenvalue weighted by molar-refractivity contribution is 5.71. The lowest BCUT2D eigenvalue weighted by atomic mass is 10.0. The summed E-state index contributed by atoms with van der Waals surface area (Å²) in [6.07, 6.45) is 93.5. The second-order valence-electron chi connectivity index (χ2n) is 24.5. The smallest absolute Gasteiger partial charge is 0.306 e. The molecule has 0 fully saturated rings. The van der Waals surface area contributed by atoms with Crippen LogP contribution in [0.5, 0.6) is 0 Å². The first-order valence-corrected chi connectivity index (χ1v) is 36.4. The highest BCUT2D eigenvalue weighted by atomic mass is 16.6. The Balaban J connectivity index is 4.33. The Morgan fingerprint density at radius 3 is 0.687 bits per heavy atom. The van der Waals surface area contributed by atoms with Gasteiger partial charge in [-0.25, -0.2) is 0 Å². The van der Waals surface area contributed by atoms with Gasteiger partial charge in [0.05, 0.1) is 0 Å². The van der Waals surface area contributed by atoms with Crippen LogP contribution >= 0.6 is 0 Å². The Labute approximate surface area is 516 Å². The van der Waals surface area contributed by atoms with E-state index in [1.54, 1.807) is 0 Å². The fraction of sp³-hybridized carbons (Fsp3) is 0.805. The normalized spacial score (nSPS) is 12.5. The van der Waals surface area contributed by atoms with E-state index in [4.69, 9.17) is 14.2 Å². The van der Waals surface area contributed by atoms with Gasteiger partial charge in [0.2, 0.25) is 0 Å². The summed E-state index contributed by atoms with van der Waals surface area (Å²) in [6.45, 7) is 6.66. The first kappa shape index (κ1) is 79.8. The minimum absolute atomic E-state index is 0.0796. The number of esters is 3. The van der Waals surface area contributed by atoms with Gasteiger partial charge in [-0.15, -0.1) is 0 Å². The van der Waals surface area contributed by atoms with Gasteiger partial charge in [-0.1, -0.05) is 318 Å². The van der Waals surface area contributed by atoms with Crippen LogP contribution in [0.15, 0.2) is 72.9 Å². The average molecular weight is 1160 g/mol. The molecule has 0 radical (unpaired) electrons. The van der Waals surface area contributed by atoms with Crippen molar-refractivity contribution >= 4 is 17.9 Å². The fourth-order valence-corrected chi connectivity index (χ4v) is 10.7. The van der Waals surface area contributed by atoms with Crippen molar-refractivity contribution in [1.29, 1.82) is 0 Å². The van der Waals surface area contributed by atoms with Crippen LogP contribution in [0.1, 0.15) is 380 Å². The molecular weight excluding hydrogens is 1020 g/mol. The van der Waals surface area contributed by atoms with Crippen molar-refractivity contribution in [2.75, 3.05) is 13.2 Å². The van der Waals surface area contributed by atoms with Crippen molar-refractivity contribution in [3.63, 3.8) is 0 Å². The lowest BCUT2D eigenvalue weighted by Gasteiger charge is -2.18. The molecular formula is C77H138O6. The molecule has 0 heterocycles. The van der Waals surface area contributed by atoms with Gasteiger partial charge >= 0.3 is 17.9 Å². The van der Waals surface area contributed by atoms with E-state index in [1.165, 1.54) is 250 Å². The van der Waals surface area contributed by atoms with E-state index in [0.29, 0.717) is 19.3 Å². The molecule has 0 saturated heterocycles. The minimum Gasteiger partial charge on any atom is -0.462 e. The molecule has 482 valence electrons. The number of rotatable bonds is 67. The Bertz CT molecular complexity index is 1520. The number of carbonyl (C=O) groups is 3. The summed E-state index contributed by atoms with van der Waals surface area (Å²) in [6, 6.07) is 0. The van der Waals surface area contributed by atoms with Crippen molar-refractivity contribution in [3.05, 3.63) is 72.9 Å². The molecule has 6 heteroatoms. The average Bonchev–Trinajstić information content (AvgIpc) is 3.50. The van der Waals surface area contributed by atoms with Crippen molar-refractivity contribution in [1.82, 2.24) is 0 Å². The van der Waals surface area contributed by atoms with Gasteiger partial charge in [-0.2, -0.15) is 0 Å². The number of ether oxygens (including phenoxy) is 3. The molecule has 0 bridgehead atoms. The highest BCUT2D eigenvalue weighted by Crippen LogP contribution is 2.17. The van der Waals surface area contributed by atoms with E-state index in [-0.39, 0.29) is 31.1 Å². The molecule has 0 aliphatic rings. The first-order valence-electron chi connectivity index (χ1n) is 36.4. The monoisotopic (exact) mass is 1160 g/mol. The van der Waals surface area contributed by atoms with E-state index in [9.17, 15) is 14.4 Å². The maximum atomic E-state index is 13.0. The molecule has 83 heavy (non-hydrogen) atoms. The van der Waals surface area contributed by atoms with Gasteiger partial charge in [-0.3, -0.25) is 14.4 Å². The SMILES string of the molecule is CCCCCCC/C=C\C/C=C\C/C=C\CCCCCCCCC(=O)OC(COC(=O)CCCCCCCCC/C=C\CCCCCCCC)COC(=O)CCCCCCCCCCCCCCCCC/C=C\C/C=C\CCCCCCC. The van der Waals surface area contributed by atoms with E-state index in [0.717, 1.165) is 89.9 Å². The van der Waals surface area contributed by atoms with Gasteiger partial charge < -0.3 is 14.2 Å². The molecule has 0 aromatic carbocycles. The molecule has 0 rings (SSSR count). The van der Waals surface area contributed by atoms with Crippen LogP contribution in [0.3, 0.4) is 0 Å². The Morgan fingerprint density at radius 2 is 0.434 bits per heavy atom.